The van der Waals surface area contributed by atoms with E-state index in [1.54, 1.807) is 6.07 Å². The van der Waals surface area contributed by atoms with Crippen LogP contribution in [-0.2, 0) is 4.79 Å². The van der Waals surface area contributed by atoms with Crippen LogP contribution in [0.25, 0.3) is 0 Å². The van der Waals surface area contributed by atoms with Crippen molar-refractivity contribution in [2.75, 3.05) is 6.61 Å². The molecule has 1 aromatic rings. The predicted octanol–water partition coefficient (Wildman–Crippen LogP) is 3.73. The van der Waals surface area contributed by atoms with Crippen molar-refractivity contribution < 1.29 is 13.9 Å². The number of hydrogen-bond acceptors (Lipinski definition) is 2. The van der Waals surface area contributed by atoms with Gasteiger partial charge in [0.1, 0.15) is 6.61 Å². The van der Waals surface area contributed by atoms with Gasteiger partial charge in [-0.3, -0.25) is 4.79 Å². The predicted molar refractivity (Wildman–Crippen MR) is 66.6 cm³/mol. The van der Waals surface area contributed by atoms with Gasteiger partial charge in [-0.25, -0.2) is 4.39 Å². The molecule has 4 heteroatoms. The Kier molecular flexibility index (Phi) is 4.15. The lowest BCUT2D eigenvalue weighted by atomic mass is 10.0. The molecule has 1 aliphatic rings. The summed E-state index contributed by atoms with van der Waals surface area (Å²) in [6.45, 7) is -0.0297. The second kappa shape index (κ2) is 5.63. The zero-order valence-corrected chi connectivity index (χ0v) is 11.0. The van der Waals surface area contributed by atoms with Crippen molar-refractivity contribution in [1.29, 1.82) is 0 Å². The van der Waals surface area contributed by atoms with Gasteiger partial charge in [-0.15, -0.1) is 0 Å². The van der Waals surface area contributed by atoms with Gasteiger partial charge in [-0.1, -0.05) is 28.8 Å². The molecular formula is C13H14BrFO2. The molecule has 2 nitrogen and oxygen atoms in total. The first-order valence-electron chi connectivity index (χ1n) is 5.77. The second-order valence-corrected chi connectivity index (χ2v) is 5.23. The van der Waals surface area contributed by atoms with Crippen molar-refractivity contribution in [2.45, 2.75) is 25.7 Å². The van der Waals surface area contributed by atoms with Crippen LogP contribution in [0.15, 0.2) is 22.7 Å². The smallest absolute Gasteiger partial charge is 0.173 e. The summed E-state index contributed by atoms with van der Waals surface area (Å²) in [5, 5.41) is 0. The number of carbonyl (C=O) groups is 1. The molecule has 1 saturated carbocycles. The molecule has 0 N–H and O–H groups in total. The number of carbonyl (C=O) groups excluding carboxylic acids is 1. The number of Topliss-reactive ketones (excluding diaryl/α,β-unsaturated/α-hetero) is 1. The lowest BCUT2D eigenvalue weighted by Crippen LogP contribution is -2.19. The zero-order valence-electron chi connectivity index (χ0n) is 9.42. The minimum Gasteiger partial charge on any atom is -0.483 e. The molecule has 0 radical (unpaired) electrons. The van der Waals surface area contributed by atoms with Crippen LogP contribution in [0.1, 0.15) is 25.7 Å². The summed E-state index contributed by atoms with van der Waals surface area (Å²) in [6, 6.07) is 4.46. The summed E-state index contributed by atoms with van der Waals surface area (Å²) in [6.07, 6.45) is 4.12. The molecule has 1 fully saturated rings. The molecule has 0 amide bonds. The van der Waals surface area contributed by atoms with Gasteiger partial charge >= 0.3 is 0 Å². The van der Waals surface area contributed by atoms with Gasteiger partial charge in [0, 0.05) is 10.4 Å². The molecule has 17 heavy (non-hydrogen) atoms. The van der Waals surface area contributed by atoms with Crippen molar-refractivity contribution in [1.82, 2.24) is 0 Å². The number of ketones is 1. The molecule has 0 aromatic heterocycles. The van der Waals surface area contributed by atoms with E-state index < -0.39 is 5.82 Å². The monoisotopic (exact) mass is 300 g/mol. The van der Waals surface area contributed by atoms with Crippen LogP contribution in [0, 0.1) is 11.7 Å². The first-order valence-corrected chi connectivity index (χ1v) is 6.56. The van der Waals surface area contributed by atoms with E-state index in [1.807, 2.05) is 0 Å². The van der Waals surface area contributed by atoms with Crippen LogP contribution in [0.5, 0.6) is 5.75 Å². The first kappa shape index (κ1) is 12.6. The molecule has 2 rings (SSSR count). The Morgan fingerprint density at radius 3 is 2.82 bits per heavy atom. The molecule has 0 bridgehead atoms. The van der Waals surface area contributed by atoms with E-state index in [-0.39, 0.29) is 24.1 Å². The number of halogens is 2. The lowest BCUT2D eigenvalue weighted by Gasteiger charge is -2.10. The topological polar surface area (TPSA) is 26.3 Å². The molecule has 1 aliphatic carbocycles. The second-order valence-electron chi connectivity index (χ2n) is 4.31. The van der Waals surface area contributed by atoms with Crippen molar-refractivity contribution in [3.8, 4) is 5.75 Å². The van der Waals surface area contributed by atoms with Gasteiger partial charge in [0.05, 0.1) is 0 Å². The fraction of sp³-hybridized carbons (Fsp3) is 0.462. The Morgan fingerprint density at radius 1 is 1.41 bits per heavy atom. The van der Waals surface area contributed by atoms with Gasteiger partial charge < -0.3 is 4.74 Å². The van der Waals surface area contributed by atoms with E-state index in [4.69, 9.17) is 4.74 Å². The van der Waals surface area contributed by atoms with Gasteiger partial charge in [0.2, 0.25) is 0 Å². The molecule has 0 heterocycles. The summed E-state index contributed by atoms with van der Waals surface area (Å²) in [5.74, 6) is -0.106. The van der Waals surface area contributed by atoms with Crippen LogP contribution in [0.4, 0.5) is 4.39 Å². The number of ether oxygens (including phenoxy) is 1. The molecule has 92 valence electrons. The van der Waals surface area contributed by atoms with Crippen molar-refractivity contribution in [3.63, 3.8) is 0 Å². The van der Waals surface area contributed by atoms with Crippen LogP contribution in [0.2, 0.25) is 0 Å². The molecule has 0 spiro atoms. The van der Waals surface area contributed by atoms with Gasteiger partial charge in [-0.05, 0) is 31.0 Å². The molecule has 1 aromatic carbocycles. The maximum atomic E-state index is 13.3. The normalized spacial score (nSPS) is 16.1. The SMILES string of the molecule is O=C(COc1cc(Br)ccc1F)C1CCCC1. The Bertz CT molecular complexity index is 414. The van der Waals surface area contributed by atoms with E-state index in [9.17, 15) is 9.18 Å². The number of rotatable bonds is 4. The van der Waals surface area contributed by atoms with Crippen LogP contribution >= 0.6 is 15.9 Å². The largest absolute Gasteiger partial charge is 0.483 e. The van der Waals surface area contributed by atoms with E-state index >= 15 is 0 Å². The Labute approximate surface area is 108 Å². The molecule has 0 atom stereocenters. The summed E-state index contributed by atoms with van der Waals surface area (Å²) >= 11 is 3.24. The Hall–Kier alpha value is -0.900. The highest BCUT2D eigenvalue weighted by Crippen LogP contribution is 2.26. The number of hydrogen-bond donors (Lipinski definition) is 0. The lowest BCUT2D eigenvalue weighted by molar-refractivity contribution is -0.124. The van der Waals surface area contributed by atoms with Crippen LogP contribution in [-0.4, -0.2) is 12.4 Å². The Balaban J connectivity index is 1.92. The number of benzene rings is 1. The quantitative estimate of drug-likeness (QED) is 0.847. The third kappa shape index (κ3) is 3.28. The van der Waals surface area contributed by atoms with E-state index in [1.165, 1.54) is 12.1 Å². The summed E-state index contributed by atoms with van der Waals surface area (Å²) < 4.78 is 19.3. The fourth-order valence-corrected chi connectivity index (χ4v) is 2.44. The average molecular weight is 301 g/mol. The van der Waals surface area contributed by atoms with Crippen molar-refractivity contribution in [2.24, 2.45) is 5.92 Å². The first-order chi connectivity index (χ1) is 8.16. The average Bonchev–Trinajstić information content (AvgIpc) is 2.83. The van der Waals surface area contributed by atoms with Crippen LogP contribution < -0.4 is 4.74 Å². The third-order valence-electron chi connectivity index (χ3n) is 3.07. The minimum atomic E-state index is -0.438. The fourth-order valence-electron chi connectivity index (χ4n) is 2.10. The van der Waals surface area contributed by atoms with Gasteiger partial charge in [-0.2, -0.15) is 0 Å². The van der Waals surface area contributed by atoms with Gasteiger partial charge in [0.15, 0.2) is 17.3 Å². The third-order valence-corrected chi connectivity index (χ3v) is 3.57. The maximum absolute atomic E-state index is 13.3. The highest BCUT2D eigenvalue weighted by Gasteiger charge is 2.23. The maximum Gasteiger partial charge on any atom is 0.173 e. The van der Waals surface area contributed by atoms with Crippen molar-refractivity contribution in [3.05, 3.63) is 28.5 Å². The summed E-state index contributed by atoms with van der Waals surface area (Å²) in [7, 11) is 0. The highest BCUT2D eigenvalue weighted by atomic mass is 79.9. The summed E-state index contributed by atoms with van der Waals surface area (Å²) in [5.41, 5.74) is 0. The zero-order chi connectivity index (χ0) is 12.3. The van der Waals surface area contributed by atoms with E-state index in [0.29, 0.717) is 0 Å². The van der Waals surface area contributed by atoms with E-state index in [2.05, 4.69) is 15.9 Å². The Morgan fingerprint density at radius 2 is 2.12 bits per heavy atom. The highest BCUT2D eigenvalue weighted by molar-refractivity contribution is 9.10. The molecule has 0 saturated heterocycles. The van der Waals surface area contributed by atoms with Gasteiger partial charge in [0.25, 0.3) is 0 Å². The van der Waals surface area contributed by atoms with Crippen LogP contribution in [0.3, 0.4) is 0 Å². The summed E-state index contributed by atoms with van der Waals surface area (Å²) in [4.78, 5) is 11.8. The standard InChI is InChI=1S/C13H14BrFO2/c14-10-5-6-11(15)13(7-10)17-8-12(16)9-3-1-2-4-9/h5-7,9H,1-4,8H2. The molecular weight excluding hydrogens is 287 g/mol. The van der Waals surface area contributed by atoms with Crippen molar-refractivity contribution >= 4 is 21.7 Å². The van der Waals surface area contributed by atoms with E-state index in [0.717, 1.165) is 30.2 Å². The molecule has 0 unspecified atom stereocenters. The molecule has 0 aliphatic heterocycles. The minimum absolute atomic E-state index is 0.0297.